The molecule has 5 nitrogen and oxygen atoms in total. The lowest BCUT2D eigenvalue weighted by molar-refractivity contribution is 0.0944. The number of carbonyl (C=O) groups is 1. The fourth-order valence-corrected chi connectivity index (χ4v) is 1.87. The monoisotopic (exact) mass is 254 g/mol. The van der Waals surface area contributed by atoms with Gasteiger partial charge in [-0.2, -0.15) is 10.4 Å². The maximum absolute atomic E-state index is 12.1. The lowest BCUT2D eigenvalue weighted by Crippen LogP contribution is -2.27. The molecule has 96 valence electrons. The van der Waals surface area contributed by atoms with Crippen molar-refractivity contribution in [3.05, 3.63) is 53.3 Å². The molecular weight excluding hydrogens is 240 g/mol. The van der Waals surface area contributed by atoms with Gasteiger partial charge < -0.3 is 5.32 Å². The molecule has 0 fully saturated rings. The van der Waals surface area contributed by atoms with Gasteiger partial charge in [0, 0.05) is 13.2 Å². The van der Waals surface area contributed by atoms with E-state index in [0.717, 1.165) is 5.56 Å². The van der Waals surface area contributed by atoms with Crippen LogP contribution in [-0.4, -0.2) is 15.7 Å². The van der Waals surface area contributed by atoms with Crippen LogP contribution in [0.3, 0.4) is 0 Å². The molecule has 2 rings (SSSR count). The van der Waals surface area contributed by atoms with Crippen molar-refractivity contribution in [1.29, 1.82) is 5.26 Å². The van der Waals surface area contributed by atoms with Gasteiger partial charge in [-0.05, 0) is 12.5 Å². The Morgan fingerprint density at radius 1 is 1.42 bits per heavy atom. The SMILES string of the molecule is Cc1nn(C)cc1C(=O)NC(C#N)c1ccccc1. The zero-order valence-electron chi connectivity index (χ0n) is 10.8. The maximum Gasteiger partial charge on any atom is 0.256 e. The minimum atomic E-state index is -0.659. The Labute approximate surface area is 111 Å². The molecule has 1 heterocycles. The van der Waals surface area contributed by atoms with Crippen LogP contribution in [-0.2, 0) is 7.05 Å². The predicted molar refractivity (Wildman–Crippen MR) is 70.2 cm³/mol. The lowest BCUT2D eigenvalue weighted by Gasteiger charge is -2.11. The van der Waals surface area contributed by atoms with Crippen molar-refractivity contribution in [1.82, 2.24) is 15.1 Å². The van der Waals surface area contributed by atoms with Crippen molar-refractivity contribution in [2.45, 2.75) is 13.0 Å². The number of rotatable bonds is 3. The fourth-order valence-electron chi connectivity index (χ4n) is 1.87. The molecule has 0 aliphatic heterocycles. The summed E-state index contributed by atoms with van der Waals surface area (Å²) in [5.74, 6) is -0.291. The molecule has 0 radical (unpaired) electrons. The molecule has 5 heteroatoms. The molecule has 1 unspecified atom stereocenters. The standard InChI is InChI=1S/C14H14N4O/c1-10-12(9-18(2)17-10)14(19)16-13(8-15)11-6-4-3-5-7-11/h3-7,9,13H,1-2H3,(H,16,19). The summed E-state index contributed by atoms with van der Waals surface area (Å²) in [7, 11) is 1.75. The Morgan fingerprint density at radius 3 is 2.63 bits per heavy atom. The molecule has 0 saturated carbocycles. The topological polar surface area (TPSA) is 70.7 Å². The number of benzene rings is 1. The van der Waals surface area contributed by atoms with E-state index >= 15 is 0 Å². The van der Waals surface area contributed by atoms with E-state index in [4.69, 9.17) is 5.26 Å². The molecule has 2 aromatic rings. The fraction of sp³-hybridized carbons (Fsp3) is 0.214. The van der Waals surface area contributed by atoms with E-state index in [2.05, 4.69) is 16.5 Å². The molecule has 1 atom stereocenters. The van der Waals surface area contributed by atoms with Crippen molar-refractivity contribution in [2.75, 3.05) is 0 Å². The molecule has 1 aromatic carbocycles. The molecule has 0 aliphatic carbocycles. The van der Waals surface area contributed by atoms with Crippen molar-refractivity contribution >= 4 is 5.91 Å². The van der Waals surface area contributed by atoms with Crippen LogP contribution in [0.15, 0.2) is 36.5 Å². The van der Waals surface area contributed by atoms with Crippen LogP contribution in [0.1, 0.15) is 27.7 Å². The number of hydrogen-bond acceptors (Lipinski definition) is 3. The second-order valence-corrected chi connectivity index (χ2v) is 4.25. The normalized spacial score (nSPS) is 11.6. The zero-order chi connectivity index (χ0) is 13.8. The molecule has 0 bridgehead atoms. The highest BCUT2D eigenvalue weighted by Gasteiger charge is 2.17. The van der Waals surface area contributed by atoms with Gasteiger partial charge in [0.25, 0.3) is 5.91 Å². The first kappa shape index (κ1) is 12.8. The number of aromatic nitrogens is 2. The number of amides is 1. The summed E-state index contributed by atoms with van der Waals surface area (Å²) >= 11 is 0. The van der Waals surface area contributed by atoms with Gasteiger partial charge in [0.15, 0.2) is 0 Å². The van der Waals surface area contributed by atoms with Crippen LogP contribution in [0.25, 0.3) is 0 Å². The summed E-state index contributed by atoms with van der Waals surface area (Å²) in [5, 5.41) is 16.0. The first-order chi connectivity index (χ1) is 9.11. The van der Waals surface area contributed by atoms with Crippen LogP contribution >= 0.6 is 0 Å². The van der Waals surface area contributed by atoms with E-state index in [1.165, 1.54) is 0 Å². The lowest BCUT2D eigenvalue weighted by atomic mass is 10.1. The van der Waals surface area contributed by atoms with Gasteiger partial charge in [-0.1, -0.05) is 30.3 Å². The first-order valence-electron chi connectivity index (χ1n) is 5.87. The molecule has 19 heavy (non-hydrogen) atoms. The highest BCUT2D eigenvalue weighted by Crippen LogP contribution is 2.13. The molecular formula is C14H14N4O. The maximum atomic E-state index is 12.1. The molecule has 1 aromatic heterocycles. The van der Waals surface area contributed by atoms with Gasteiger partial charge in [0.1, 0.15) is 6.04 Å². The minimum absolute atomic E-state index is 0.291. The van der Waals surface area contributed by atoms with Crippen LogP contribution < -0.4 is 5.32 Å². The summed E-state index contributed by atoms with van der Waals surface area (Å²) in [6, 6.07) is 10.6. The summed E-state index contributed by atoms with van der Waals surface area (Å²) in [6.45, 7) is 1.76. The minimum Gasteiger partial charge on any atom is -0.332 e. The Bertz CT molecular complexity index is 625. The Morgan fingerprint density at radius 2 is 2.11 bits per heavy atom. The second kappa shape index (κ2) is 5.36. The largest absolute Gasteiger partial charge is 0.332 e. The van der Waals surface area contributed by atoms with Crippen molar-refractivity contribution in [3.8, 4) is 6.07 Å². The van der Waals surface area contributed by atoms with Gasteiger partial charge in [-0.15, -0.1) is 0 Å². The average molecular weight is 254 g/mol. The quantitative estimate of drug-likeness (QED) is 0.906. The van der Waals surface area contributed by atoms with Crippen LogP contribution in [0.5, 0.6) is 0 Å². The second-order valence-electron chi connectivity index (χ2n) is 4.25. The summed E-state index contributed by atoms with van der Waals surface area (Å²) < 4.78 is 1.58. The van der Waals surface area contributed by atoms with E-state index in [1.54, 1.807) is 24.9 Å². The molecule has 1 amide bonds. The number of nitrogens with zero attached hydrogens (tertiary/aromatic N) is 3. The highest BCUT2D eigenvalue weighted by atomic mass is 16.1. The molecule has 0 spiro atoms. The molecule has 1 N–H and O–H groups in total. The number of hydrogen-bond donors (Lipinski definition) is 1. The van der Waals surface area contributed by atoms with Gasteiger partial charge in [0.2, 0.25) is 0 Å². The van der Waals surface area contributed by atoms with Crippen LogP contribution in [0.2, 0.25) is 0 Å². The van der Waals surface area contributed by atoms with Crippen molar-refractivity contribution < 1.29 is 4.79 Å². The third kappa shape index (κ3) is 2.80. The number of carbonyl (C=O) groups excluding carboxylic acids is 1. The van der Waals surface area contributed by atoms with Gasteiger partial charge >= 0.3 is 0 Å². The van der Waals surface area contributed by atoms with E-state index < -0.39 is 6.04 Å². The zero-order valence-corrected chi connectivity index (χ0v) is 10.8. The Hall–Kier alpha value is -2.61. The van der Waals surface area contributed by atoms with Crippen molar-refractivity contribution in [3.63, 3.8) is 0 Å². The van der Waals surface area contributed by atoms with Crippen molar-refractivity contribution in [2.24, 2.45) is 7.05 Å². The number of nitrogens with one attached hydrogen (secondary N) is 1. The van der Waals surface area contributed by atoms with Gasteiger partial charge in [0.05, 0.1) is 17.3 Å². The van der Waals surface area contributed by atoms with E-state index in [1.807, 2.05) is 30.3 Å². The summed E-state index contributed by atoms with van der Waals surface area (Å²) in [4.78, 5) is 12.1. The molecule has 0 saturated heterocycles. The van der Waals surface area contributed by atoms with Gasteiger partial charge in [-0.25, -0.2) is 0 Å². The van der Waals surface area contributed by atoms with E-state index in [9.17, 15) is 4.79 Å². The van der Waals surface area contributed by atoms with E-state index in [-0.39, 0.29) is 5.91 Å². The first-order valence-corrected chi connectivity index (χ1v) is 5.87. The van der Waals surface area contributed by atoms with Gasteiger partial charge in [-0.3, -0.25) is 9.48 Å². The Balaban J connectivity index is 2.18. The Kier molecular flexibility index (Phi) is 3.62. The third-order valence-corrected chi connectivity index (χ3v) is 2.80. The van der Waals surface area contributed by atoms with E-state index in [0.29, 0.717) is 11.3 Å². The van der Waals surface area contributed by atoms with Crippen LogP contribution in [0.4, 0.5) is 0 Å². The average Bonchev–Trinajstić information content (AvgIpc) is 2.76. The number of aryl methyl sites for hydroxylation is 2. The number of nitriles is 1. The summed E-state index contributed by atoms with van der Waals surface area (Å²) in [5.41, 5.74) is 1.89. The predicted octanol–water partition coefficient (Wildman–Crippen LogP) is 1.72. The third-order valence-electron chi connectivity index (χ3n) is 2.80. The highest BCUT2D eigenvalue weighted by molar-refractivity contribution is 5.95. The summed E-state index contributed by atoms with van der Waals surface area (Å²) in [6.07, 6.45) is 1.64. The molecule has 0 aliphatic rings. The van der Waals surface area contributed by atoms with Crippen LogP contribution in [0, 0.1) is 18.3 Å². The smallest absolute Gasteiger partial charge is 0.256 e.